The number of ketones is 1. The molecule has 1 aromatic rings. The van der Waals surface area contributed by atoms with Crippen LogP contribution in [0.15, 0.2) is 24.3 Å². The number of hydrogen-bond donors (Lipinski definition) is 1. The van der Waals surface area contributed by atoms with Gasteiger partial charge in [0.05, 0.1) is 6.04 Å². The monoisotopic (exact) mass is 381 g/mol. The van der Waals surface area contributed by atoms with Gasteiger partial charge in [0.25, 0.3) is 0 Å². The first-order valence-corrected chi connectivity index (χ1v) is 10.4. The molecule has 0 spiro atoms. The van der Waals surface area contributed by atoms with Crippen molar-refractivity contribution in [2.24, 2.45) is 5.92 Å². The zero-order chi connectivity index (χ0) is 19.4. The van der Waals surface area contributed by atoms with Crippen LogP contribution in [0.1, 0.15) is 70.8 Å². The smallest absolute Gasteiger partial charge is 0.150 e. The third-order valence-corrected chi connectivity index (χ3v) is 5.11. The van der Waals surface area contributed by atoms with Gasteiger partial charge in [-0.05, 0) is 61.8 Å². The van der Waals surface area contributed by atoms with Crippen LogP contribution in [0.2, 0.25) is 5.02 Å². The Kier molecular flexibility index (Phi) is 11.8. The van der Waals surface area contributed by atoms with Crippen LogP contribution in [-0.2, 0) is 9.53 Å². The van der Waals surface area contributed by atoms with Gasteiger partial charge < -0.3 is 10.1 Å². The normalized spacial score (nSPS) is 13.8. The molecule has 0 radical (unpaired) electrons. The van der Waals surface area contributed by atoms with E-state index in [9.17, 15) is 4.79 Å². The first-order chi connectivity index (χ1) is 12.5. The van der Waals surface area contributed by atoms with Gasteiger partial charge in [-0.15, -0.1) is 0 Å². The van der Waals surface area contributed by atoms with Crippen molar-refractivity contribution in [3.8, 4) is 0 Å². The van der Waals surface area contributed by atoms with Crippen molar-refractivity contribution in [2.45, 2.75) is 71.3 Å². The SMILES string of the molecule is CCCC(CCCC(=O)C(NCCCOC)C(C)C)c1ccc(Cl)cc1. The molecule has 1 rings (SSSR count). The lowest BCUT2D eigenvalue weighted by molar-refractivity contribution is -0.122. The molecule has 0 saturated heterocycles. The van der Waals surface area contributed by atoms with Crippen molar-refractivity contribution in [1.82, 2.24) is 5.32 Å². The maximum Gasteiger partial charge on any atom is 0.150 e. The summed E-state index contributed by atoms with van der Waals surface area (Å²) in [6.07, 6.45) is 5.87. The highest BCUT2D eigenvalue weighted by atomic mass is 35.5. The van der Waals surface area contributed by atoms with E-state index in [-0.39, 0.29) is 6.04 Å². The van der Waals surface area contributed by atoms with Crippen molar-refractivity contribution in [3.05, 3.63) is 34.9 Å². The highest BCUT2D eigenvalue weighted by Crippen LogP contribution is 2.28. The van der Waals surface area contributed by atoms with E-state index in [1.807, 2.05) is 12.1 Å². The number of rotatable bonds is 14. The molecular weight excluding hydrogens is 346 g/mol. The summed E-state index contributed by atoms with van der Waals surface area (Å²) in [7, 11) is 1.71. The number of benzene rings is 1. The average molecular weight is 382 g/mol. The molecule has 1 N–H and O–H groups in total. The number of hydrogen-bond acceptors (Lipinski definition) is 3. The van der Waals surface area contributed by atoms with Gasteiger partial charge in [0.15, 0.2) is 0 Å². The summed E-state index contributed by atoms with van der Waals surface area (Å²) in [5.74, 6) is 1.16. The van der Waals surface area contributed by atoms with Crippen LogP contribution >= 0.6 is 11.6 Å². The van der Waals surface area contributed by atoms with Gasteiger partial charge in [-0.3, -0.25) is 4.79 Å². The van der Waals surface area contributed by atoms with Crippen LogP contribution in [-0.4, -0.2) is 32.1 Å². The van der Waals surface area contributed by atoms with E-state index in [0.717, 1.165) is 50.3 Å². The molecule has 3 nitrogen and oxygen atoms in total. The van der Waals surface area contributed by atoms with Crippen molar-refractivity contribution >= 4 is 17.4 Å². The van der Waals surface area contributed by atoms with Crippen LogP contribution in [0.4, 0.5) is 0 Å². The Morgan fingerprint density at radius 1 is 1.15 bits per heavy atom. The fraction of sp³-hybridized carbons (Fsp3) is 0.682. The molecule has 0 amide bonds. The highest BCUT2D eigenvalue weighted by Gasteiger charge is 2.21. The molecule has 0 aliphatic rings. The Balaban J connectivity index is 2.50. The van der Waals surface area contributed by atoms with E-state index in [2.05, 4.69) is 38.2 Å². The summed E-state index contributed by atoms with van der Waals surface area (Å²) in [6, 6.07) is 8.12. The molecule has 0 aliphatic heterocycles. The maximum absolute atomic E-state index is 12.7. The summed E-state index contributed by atoms with van der Waals surface area (Å²) in [5, 5.41) is 4.19. The van der Waals surface area contributed by atoms with Crippen LogP contribution in [0.5, 0.6) is 0 Å². The van der Waals surface area contributed by atoms with Crippen LogP contribution in [0.25, 0.3) is 0 Å². The molecule has 0 aliphatic carbocycles. The Labute approximate surface area is 164 Å². The quantitative estimate of drug-likeness (QED) is 0.425. The zero-order valence-corrected chi connectivity index (χ0v) is 17.6. The van der Waals surface area contributed by atoms with E-state index >= 15 is 0 Å². The molecule has 0 aromatic heterocycles. The van der Waals surface area contributed by atoms with Crippen LogP contribution in [0, 0.1) is 5.92 Å². The second-order valence-corrected chi connectivity index (χ2v) is 7.85. The highest BCUT2D eigenvalue weighted by molar-refractivity contribution is 6.30. The molecule has 2 unspecified atom stereocenters. The maximum atomic E-state index is 12.7. The molecular formula is C22H36ClNO2. The second kappa shape index (κ2) is 13.3. The second-order valence-electron chi connectivity index (χ2n) is 7.42. The van der Waals surface area contributed by atoms with E-state index in [4.69, 9.17) is 16.3 Å². The predicted molar refractivity (Wildman–Crippen MR) is 111 cm³/mol. The molecule has 0 heterocycles. The first-order valence-electron chi connectivity index (χ1n) is 10.00. The van der Waals surface area contributed by atoms with Crippen molar-refractivity contribution in [3.63, 3.8) is 0 Å². The van der Waals surface area contributed by atoms with Crippen molar-refractivity contribution in [2.75, 3.05) is 20.3 Å². The van der Waals surface area contributed by atoms with Gasteiger partial charge in [0, 0.05) is 25.2 Å². The predicted octanol–water partition coefficient (Wildman–Crippen LogP) is 5.61. The van der Waals surface area contributed by atoms with Gasteiger partial charge >= 0.3 is 0 Å². The Morgan fingerprint density at radius 2 is 1.85 bits per heavy atom. The lowest BCUT2D eigenvalue weighted by Crippen LogP contribution is -2.41. The number of methoxy groups -OCH3 is 1. The van der Waals surface area contributed by atoms with Crippen LogP contribution < -0.4 is 5.32 Å². The van der Waals surface area contributed by atoms with E-state index in [1.165, 1.54) is 5.56 Å². The number of carbonyl (C=O) groups is 1. The van der Waals surface area contributed by atoms with Gasteiger partial charge in [0.2, 0.25) is 0 Å². The van der Waals surface area contributed by atoms with Crippen molar-refractivity contribution in [1.29, 1.82) is 0 Å². The first kappa shape index (κ1) is 23.1. The molecule has 0 saturated carbocycles. The minimum absolute atomic E-state index is 0.0491. The lowest BCUT2D eigenvalue weighted by Gasteiger charge is -2.22. The summed E-state index contributed by atoms with van der Waals surface area (Å²) in [4.78, 5) is 12.7. The van der Waals surface area contributed by atoms with Crippen LogP contribution in [0.3, 0.4) is 0 Å². The summed E-state index contributed by atoms with van der Waals surface area (Å²) < 4.78 is 5.08. The minimum Gasteiger partial charge on any atom is -0.385 e. The molecule has 26 heavy (non-hydrogen) atoms. The summed E-state index contributed by atoms with van der Waals surface area (Å²) >= 11 is 6.01. The van der Waals surface area contributed by atoms with Crippen molar-refractivity contribution < 1.29 is 9.53 Å². The Hall–Kier alpha value is -0.900. The lowest BCUT2D eigenvalue weighted by atomic mass is 9.88. The van der Waals surface area contributed by atoms with Gasteiger partial charge in [-0.2, -0.15) is 0 Å². The molecule has 4 heteroatoms. The molecule has 2 atom stereocenters. The van der Waals surface area contributed by atoms with E-state index in [0.29, 0.717) is 24.0 Å². The van der Waals surface area contributed by atoms with Gasteiger partial charge in [-0.25, -0.2) is 0 Å². The number of halogens is 1. The fourth-order valence-corrected chi connectivity index (χ4v) is 3.56. The molecule has 148 valence electrons. The zero-order valence-electron chi connectivity index (χ0n) is 16.9. The largest absolute Gasteiger partial charge is 0.385 e. The minimum atomic E-state index is -0.0491. The third kappa shape index (κ3) is 8.66. The standard InChI is InChI=1S/C22H36ClNO2/c1-5-8-18(19-11-13-20(23)14-12-19)9-6-10-21(25)22(17(2)3)24-15-7-16-26-4/h11-14,17-18,22,24H,5-10,15-16H2,1-4H3. The summed E-state index contributed by atoms with van der Waals surface area (Å²) in [5.41, 5.74) is 1.33. The Bertz CT molecular complexity index is 501. The molecule has 1 aromatic carbocycles. The van der Waals surface area contributed by atoms with Gasteiger partial charge in [-0.1, -0.05) is 50.9 Å². The van der Waals surface area contributed by atoms with Gasteiger partial charge in [0.1, 0.15) is 5.78 Å². The van der Waals surface area contributed by atoms with E-state index < -0.39 is 0 Å². The van der Waals surface area contributed by atoms with E-state index in [1.54, 1.807) is 7.11 Å². The molecule has 0 bridgehead atoms. The number of Topliss-reactive ketones (excluding diaryl/α,β-unsaturated/α-hetero) is 1. The number of carbonyl (C=O) groups excluding carboxylic acids is 1. The topological polar surface area (TPSA) is 38.3 Å². The summed E-state index contributed by atoms with van der Waals surface area (Å²) in [6.45, 7) is 7.99. The molecule has 0 fully saturated rings. The fourth-order valence-electron chi connectivity index (χ4n) is 3.43. The average Bonchev–Trinajstić information content (AvgIpc) is 2.61. The number of nitrogens with one attached hydrogen (secondary N) is 1. The Morgan fingerprint density at radius 3 is 2.42 bits per heavy atom. The number of ether oxygens (including phenoxy) is 1. The third-order valence-electron chi connectivity index (χ3n) is 4.86.